The molecular formula is C26H35NO13. The number of aliphatic hydroxyl groups excluding tert-OH is 1. The minimum absolute atomic E-state index is 0.0538. The number of nitrogens with one attached hydrogen (secondary N) is 1. The Morgan fingerprint density at radius 2 is 1.45 bits per heavy atom. The van der Waals surface area contributed by atoms with Crippen LogP contribution in [0.1, 0.15) is 54.0 Å². The van der Waals surface area contributed by atoms with E-state index in [1.54, 1.807) is 20.8 Å². The second-order valence-electron chi connectivity index (χ2n) is 9.79. The molecule has 1 aliphatic rings. The van der Waals surface area contributed by atoms with Crippen molar-refractivity contribution in [1.29, 1.82) is 0 Å². The van der Waals surface area contributed by atoms with E-state index in [0.717, 1.165) is 27.7 Å². The van der Waals surface area contributed by atoms with Gasteiger partial charge in [0.15, 0.2) is 12.2 Å². The molecule has 1 saturated heterocycles. The Kier molecular flexibility index (Phi) is 11.3. The molecule has 1 aliphatic heterocycles. The predicted octanol–water partition coefficient (Wildman–Crippen LogP) is 1.99. The summed E-state index contributed by atoms with van der Waals surface area (Å²) in [7, 11) is 0. The third-order valence-electron chi connectivity index (χ3n) is 5.07. The molecule has 40 heavy (non-hydrogen) atoms. The highest BCUT2D eigenvalue weighted by Crippen LogP contribution is 2.33. The van der Waals surface area contributed by atoms with E-state index in [2.05, 4.69) is 5.32 Å². The van der Waals surface area contributed by atoms with Crippen molar-refractivity contribution in [3.05, 3.63) is 23.8 Å². The Morgan fingerprint density at radius 3 is 1.98 bits per heavy atom. The lowest BCUT2D eigenvalue weighted by atomic mass is 9.98. The van der Waals surface area contributed by atoms with Gasteiger partial charge in [0.05, 0.1) is 6.61 Å². The van der Waals surface area contributed by atoms with E-state index in [0.29, 0.717) is 0 Å². The molecule has 1 amide bonds. The second kappa shape index (κ2) is 13.9. The van der Waals surface area contributed by atoms with Gasteiger partial charge >= 0.3 is 30.0 Å². The molecule has 0 aliphatic carbocycles. The van der Waals surface area contributed by atoms with E-state index in [1.165, 1.54) is 18.2 Å². The highest BCUT2D eigenvalue weighted by molar-refractivity contribution is 5.85. The maximum atomic E-state index is 12.1. The summed E-state index contributed by atoms with van der Waals surface area (Å²) < 4.78 is 38.2. The van der Waals surface area contributed by atoms with Crippen LogP contribution in [0.2, 0.25) is 0 Å². The first kappa shape index (κ1) is 32.3. The molecule has 0 saturated carbocycles. The summed E-state index contributed by atoms with van der Waals surface area (Å²) in [4.78, 5) is 59.5. The van der Waals surface area contributed by atoms with Gasteiger partial charge in [0.2, 0.25) is 12.4 Å². The fourth-order valence-corrected chi connectivity index (χ4v) is 3.73. The number of hydrogen-bond acceptors (Lipinski definition) is 13. The van der Waals surface area contributed by atoms with Gasteiger partial charge in [-0.2, -0.15) is 0 Å². The van der Waals surface area contributed by atoms with Crippen LogP contribution >= 0.6 is 0 Å². The molecule has 5 atom stereocenters. The first-order valence-corrected chi connectivity index (χ1v) is 12.3. The van der Waals surface area contributed by atoms with Crippen LogP contribution in [0.25, 0.3) is 0 Å². The van der Waals surface area contributed by atoms with Crippen molar-refractivity contribution in [3.8, 4) is 5.75 Å². The highest BCUT2D eigenvalue weighted by Gasteiger charge is 2.53. The number of aliphatic hydroxyl groups is 1. The first-order valence-electron chi connectivity index (χ1n) is 12.3. The molecule has 0 radical (unpaired) electrons. The zero-order valence-corrected chi connectivity index (χ0v) is 23.4. The normalized spacial score (nSPS) is 22.4. The van der Waals surface area contributed by atoms with Gasteiger partial charge in [-0.25, -0.2) is 4.79 Å². The lowest BCUT2D eigenvalue weighted by Crippen LogP contribution is -2.63. The molecule has 1 aromatic carbocycles. The molecule has 1 heterocycles. The predicted molar refractivity (Wildman–Crippen MR) is 135 cm³/mol. The second-order valence-corrected chi connectivity index (χ2v) is 9.79. The summed E-state index contributed by atoms with van der Waals surface area (Å²) in [5, 5.41) is 12.5. The van der Waals surface area contributed by atoms with Gasteiger partial charge in [0.1, 0.15) is 24.1 Å². The van der Waals surface area contributed by atoms with Crippen molar-refractivity contribution in [1.82, 2.24) is 0 Å². The molecule has 0 bridgehead atoms. The molecule has 0 spiro atoms. The number of carbonyl (C=O) groups is 5. The molecule has 0 unspecified atom stereocenters. The monoisotopic (exact) mass is 569 g/mol. The summed E-state index contributed by atoms with van der Waals surface area (Å²) in [6.07, 6.45) is -7.64. The fraction of sp³-hybridized carbons (Fsp3) is 0.577. The van der Waals surface area contributed by atoms with Crippen molar-refractivity contribution in [2.75, 3.05) is 11.9 Å². The zero-order valence-electron chi connectivity index (χ0n) is 23.4. The third kappa shape index (κ3) is 10.0. The molecule has 1 fully saturated rings. The summed E-state index contributed by atoms with van der Waals surface area (Å²) in [6.45, 7) is 8.61. The van der Waals surface area contributed by atoms with Gasteiger partial charge in [-0.3, -0.25) is 24.5 Å². The number of esters is 4. The van der Waals surface area contributed by atoms with Crippen molar-refractivity contribution in [2.24, 2.45) is 0 Å². The lowest BCUT2D eigenvalue weighted by Gasteiger charge is -2.44. The Hall–Kier alpha value is -3.91. The van der Waals surface area contributed by atoms with E-state index in [4.69, 9.17) is 33.2 Å². The van der Waals surface area contributed by atoms with Gasteiger partial charge in [0.25, 0.3) is 0 Å². The molecule has 1 aromatic rings. The molecule has 0 aromatic heterocycles. The van der Waals surface area contributed by atoms with Crippen LogP contribution in [0.5, 0.6) is 5.75 Å². The maximum Gasteiger partial charge on any atom is 0.412 e. The average Bonchev–Trinajstić information content (AvgIpc) is 2.80. The number of carbonyl (C=O) groups excluding carboxylic acids is 5. The van der Waals surface area contributed by atoms with E-state index in [-0.39, 0.29) is 17.0 Å². The SMILES string of the molecule is CC(=O)OC[C@H]1O[C@@H](Oc2ccc(NC(=O)OC(C)(C)C)cc2CO)[C@H](OC(C)=O)[C@@H](OC(C)=O)[C@H]1OC(C)=O. The molecular weight excluding hydrogens is 534 g/mol. The topological polar surface area (TPSA) is 182 Å². The third-order valence-corrected chi connectivity index (χ3v) is 5.07. The maximum absolute atomic E-state index is 12.1. The number of anilines is 1. The number of rotatable bonds is 9. The molecule has 14 heteroatoms. The molecule has 2 rings (SSSR count). The van der Waals surface area contributed by atoms with Gasteiger partial charge in [-0.05, 0) is 39.0 Å². The van der Waals surface area contributed by atoms with Crippen LogP contribution in [0.15, 0.2) is 18.2 Å². The zero-order chi connectivity index (χ0) is 30.2. The van der Waals surface area contributed by atoms with Crippen LogP contribution < -0.4 is 10.1 Å². The van der Waals surface area contributed by atoms with E-state index >= 15 is 0 Å². The van der Waals surface area contributed by atoms with Gasteiger partial charge < -0.3 is 38.3 Å². The van der Waals surface area contributed by atoms with E-state index in [1.807, 2.05) is 0 Å². The summed E-state index contributed by atoms with van der Waals surface area (Å²) in [5.41, 5.74) is -0.254. The number of ether oxygens (including phenoxy) is 7. The van der Waals surface area contributed by atoms with Crippen LogP contribution in [0, 0.1) is 0 Å². The van der Waals surface area contributed by atoms with Crippen LogP contribution in [0.4, 0.5) is 10.5 Å². The molecule has 222 valence electrons. The summed E-state index contributed by atoms with van der Waals surface area (Å²) in [5.74, 6) is -2.96. The lowest BCUT2D eigenvalue weighted by molar-refractivity contribution is -0.288. The highest BCUT2D eigenvalue weighted by atomic mass is 16.7. The smallest absolute Gasteiger partial charge is 0.412 e. The molecule has 14 nitrogen and oxygen atoms in total. The Balaban J connectivity index is 2.45. The standard InChI is InChI=1S/C26H35NO13/c1-13(29)34-12-20-21(35-14(2)30)22(36-15(3)31)23(37-16(4)32)24(39-20)38-19-9-8-18(10-17(19)11-28)27-25(33)40-26(5,6)7/h8-10,20-24,28H,11-12H2,1-7H3,(H,27,33)/t20-,21+,22+,23-,24-/m1/s1. The largest absolute Gasteiger partial charge is 0.463 e. The van der Waals surface area contributed by atoms with Crippen molar-refractivity contribution in [2.45, 2.75) is 91.4 Å². The minimum atomic E-state index is -1.49. The summed E-state index contributed by atoms with van der Waals surface area (Å²) in [6, 6.07) is 4.29. The van der Waals surface area contributed by atoms with Gasteiger partial charge in [-0.1, -0.05) is 0 Å². The Bertz CT molecular complexity index is 1100. The van der Waals surface area contributed by atoms with Crippen molar-refractivity contribution >= 4 is 35.7 Å². The van der Waals surface area contributed by atoms with Crippen LogP contribution in [-0.2, 0) is 54.2 Å². The number of hydrogen-bond donors (Lipinski definition) is 2. The van der Waals surface area contributed by atoms with E-state index < -0.39 is 79.5 Å². The van der Waals surface area contributed by atoms with Gasteiger partial charge in [0, 0.05) is 38.9 Å². The van der Waals surface area contributed by atoms with Crippen LogP contribution in [0.3, 0.4) is 0 Å². The first-order chi connectivity index (χ1) is 18.6. The van der Waals surface area contributed by atoms with Crippen LogP contribution in [-0.4, -0.2) is 78.0 Å². The van der Waals surface area contributed by atoms with Crippen molar-refractivity contribution < 1.29 is 62.2 Å². The Morgan fingerprint density at radius 1 is 0.875 bits per heavy atom. The summed E-state index contributed by atoms with van der Waals surface area (Å²) >= 11 is 0. The van der Waals surface area contributed by atoms with E-state index in [9.17, 15) is 29.1 Å². The Labute approximate surface area is 231 Å². The number of amides is 1. The fourth-order valence-electron chi connectivity index (χ4n) is 3.73. The van der Waals surface area contributed by atoms with Gasteiger partial charge in [-0.15, -0.1) is 0 Å². The minimum Gasteiger partial charge on any atom is -0.463 e. The average molecular weight is 570 g/mol. The quantitative estimate of drug-likeness (QED) is 0.326. The van der Waals surface area contributed by atoms with Crippen molar-refractivity contribution in [3.63, 3.8) is 0 Å². The number of benzene rings is 1. The molecule has 2 N–H and O–H groups in total.